The number of rotatable bonds is 19. The number of benzene rings is 2. The number of carbonyl (C=O) groups excluding carboxylic acids is 1. The lowest BCUT2D eigenvalue weighted by Gasteiger charge is -2.43. The number of azo groups is 1. The number of amides is 1. The van der Waals surface area contributed by atoms with E-state index in [0.29, 0.717) is 24.4 Å². The Hall–Kier alpha value is -4.97. The van der Waals surface area contributed by atoms with E-state index in [1.165, 1.54) is 10.8 Å². The number of nitrogens with zero attached hydrogens (tertiary/aromatic N) is 6. The van der Waals surface area contributed by atoms with Crippen molar-refractivity contribution in [3.8, 4) is 5.75 Å². The van der Waals surface area contributed by atoms with Gasteiger partial charge >= 0.3 is 5.69 Å². The fourth-order valence-corrected chi connectivity index (χ4v) is 9.28. The van der Waals surface area contributed by atoms with E-state index in [0.717, 1.165) is 28.1 Å². The van der Waals surface area contributed by atoms with Crippen molar-refractivity contribution in [2.45, 2.75) is 118 Å². The lowest BCUT2D eigenvalue weighted by Crippen LogP contribution is -2.45. The second-order valence-electron chi connectivity index (χ2n) is 16.3. The number of anilines is 1. The summed E-state index contributed by atoms with van der Waals surface area (Å²) in [5.74, 6) is 0.461. The number of aryl methyl sites for hydroxylation is 1. The summed E-state index contributed by atoms with van der Waals surface area (Å²) in [5, 5.41) is 11.9. The summed E-state index contributed by atoms with van der Waals surface area (Å²) in [4.78, 5) is 46.9. The van der Waals surface area contributed by atoms with Gasteiger partial charge in [-0.2, -0.15) is 5.11 Å². The smallest absolute Gasteiger partial charge is 0.330 e. The fraction of sp³-hybridized carbons (Fsp3) is 0.511. The highest BCUT2D eigenvalue weighted by atomic mass is 31.2. The number of fused-ring (bicyclic) bond motifs is 1. The molecular formula is C45H61N8O7P. The first kappa shape index (κ1) is 45.6. The maximum absolute atomic E-state index is 13.0. The number of nitrogens with one attached hydrogen (secondary N) is 2. The molecule has 2 aromatic carbocycles. The van der Waals surface area contributed by atoms with E-state index in [9.17, 15) is 14.4 Å². The van der Waals surface area contributed by atoms with Gasteiger partial charge < -0.3 is 33.6 Å². The molecule has 0 radical (unpaired) electrons. The molecule has 2 N–H and O–H groups in total. The third-order valence-electron chi connectivity index (χ3n) is 10.4. The SMILES string of the molecule is [2H]C[C@H]1O[C@@H](n2cc(/C=C/CNC(=O)CCCN3c4cc(OC)c(N=Nc5ccc(C)cc5)cc4C(C)=CC3(C)C)c(=O)[nH]c2=O)C[C@H]1OP(OCC[N+]#[C-])N(C(C)C)C(C)C. The van der Waals surface area contributed by atoms with Crippen LogP contribution >= 0.6 is 8.53 Å². The molecule has 0 bridgehead atoms. The molecule has 1 amide bonds. The zero-order chi connectivity index (χ0) is 45.1. The largest absolute Gasteiger partial charge is 0.494 e. The van der Waals surface area contributed by atoms with E-state index in [1.54, 1.807) is 19.3 Å². The minimum Gasteiger partial charge on any atom is -0.494 e. The van der Waals surface area contributed by atoms with E-state index >= 15 is 0 Å². The molecule has 2 aliphatic rings. The van der Waals surface area contributed by atoms with Gasteiger partial charge in [0.05, 0.1) is 36.1 Å². The van der Waals surface area contributed by atoms with Crippen LogP contribution in [0.3, 0.4) is 0 Å². The Balaban J connectivity index is 1.19. The number of aromatic amines is 1. The van der Waals surface area contributed by atoms with Crippen molar-refractivity contribution in [1.29, 1.82) is 0 Å². The Labute approximate surface area is 362 Å². The normalized spacial score (nSPS) is 19.4. The van der Waals surface area contributed by atoms with Crippen LogP contribution < -0.4 is 26.2 Å². The monoisotopic (exact) mass is 857 g/mol. The van der Waals surface area contributed by atoms with Gasteiger partial charge in [0.1, 0.15) is 24.3 Å². The molecule has 1 saturated heterocycles. The van der Waals surface area contributed by atoms with Crippen LogP contribution in [0.1, 0.15) is 98.9 Å². The highest BCUT2D eigenvalue weighted by molar-refractivity contribution is 7.44. The van der Waals surface area contributed by atoms with Gasteiger partial charge in [-0.05, 0) is 92.5 Å². The van der Waals surface area contributed by atoms with Gasteiger partial charge in [0.15, 0.2) is 0 Å². The first-order valence-corrected chi connectivity index (χ1v) is 21.8. The fourth-order valence-electron chi connectivity index (χ4n) is 7.54. The number of methoxy groups -OCH3 is 1. The van der Waals surface area contributed by atoms with Gasteiger partial charge in [-0.25, -0.2) is 16.0 Å². The quantitative estimate of drug-likeness (QED) is 0.0521. The van der Waals surface area contributed by atoms with Crippen molar-refractivity contribution in [2.24, 2.45) is 10.2 Å². The highest BCUT2D eigenvalue weighted by Crippen LogP contribution is 2.50. The maximum Gasteiger partial charge on any atom is 0.330 e. The molecule has 2 aliphatic heterocycles. The lowest BCUT2D eigenvalue weighted by molar-refractivity contribution is -0.120. The van der Waals surface area contributed by atoms with Gasteiger partial charge in [-0.15, -0.1) is 5.11 Å². The number of hydrogen-bond acceptors (Lipinski definition) is 11. The Morgan fingerprint density at radius 3 is 2.59 bits per heavy atom. The van der Waals surface area contributed by atoms with Crippen LogP contribution in [-0.2, 0) is 18.6 Å². The molecule has 5 rings (SSSR count). The Kier molecular flexibility index (Phi) is 15.8. The molecule has 328 valence electrons. The van der Waals surface area contributed by atoms with E-state index in [4.69, 9.17) is 26.5 Å². The number of ether oxygens (including phenoxy) is 2. The molecule has 1 aromatic heterocycles. The zero-order valence-corrected chi connectivity index (χ0v) is 37.7. The Morgan fingerprint density at radius 1 is 1.18 bits per heavy atom. The molecule has 16 heteroatoms. The van der Waals surface area contributed by atoms with E-state index in [1.807, 2.05) is 71.0 Å². The van der Waals surface area contributed by atoms with Crippen LogP contribution in [0.25, 0.3) is 16.5 Å². The van der Waals surface area contributed by atoms with Gasteiger partial charge in [0.25, 0.3) is 14.1 Å². The average molecular weight is 858 g/mol. The van der Waals surface area contributed by atoms with Gasteiger partial charge in [0.2, 0.25) is 12.5 Å². The minimum atomic E-state index is -1.60. The molecule has 3 heterocycles. The first-order valence-electron chi connectivity index (χ1n) is 21.4. The molecule has 0 saturated carbocycles. The van der Waals surface area contributed by atoms with Crippen molar-refractivity contribution in [1.82, 2.24) is 19.5 Å². The number of aromatic nitrogens is 2. The van der Waals surface area contributed by atoms with Crippen molar-refractivity contribution >= 4 is 43.1 Å². The summed E-state index contributed by atoms with van der Waals surface area (Å²) in [5.41, 5.74) is 4.31. The Bertz CT molecular complexity index is 2260. The van der Waals surface area contributed by atoms with Crippen LogP contribution in [-0.4, -0.2) is 83.3 Å². The van der Waals surface area contributed by atoms with Crippen LogP contribution in [0.4, 0.5) is 17.1 Å². The third-order valence-corrected chi connectivity index (χ3v) is 12.6. The van der Waals surface area contributed by atoms with E-state index < -0.39 is 38.2 Å². The van der Waals surface area contributed by atoms with Gasteiger partial charge in [0, 0.05) is 62.9 Å². The van der Waals surface area contributed by atoms with Crippen LogP contribution in [0, 0.1) is 13.5 Å². The standard InChI is InChI=1S/C45H61N8O7P/c1-29(2)53(30(3)4)61(58-23-21-46-10)60-39-26-42(59-33(39)7)51-28-34(43(55)48-44(51)56)14-12-20-47-41(54)15-13-22-52-38-25-40(57-11)37(24-36(38)32(6)27-45(52,8)9)50-49-35-18-16-31(5)17-19-35/h12,14,16-19,24-25,27-30,33,39,42H,13,15,20-23,26H2,1-9,11H3,(H,47,54)(H,48,55,56)/b14-12+,50-49?/t33-,39-,42-,61?/m1/s1/i7D. The highest BCUT2D eigenvalue weighted by Gasteiger charge is 2.39. The maximum atomic E-state index is 13.0. The molecule has 0 aliphatic carbocycles. The lowest BCUT2D eigenvalue weighted by atomic mass is 9.88. The summed E-state index contributed by atoms with van der Waals surface area (Å²) in [6.07, 6.45) is 5.95. The summed E-state index contributed by atoms with van der Waals surface area (Å²) >= 11 is 0. The molecular weight excluding hydrogens is 796 g/mol. The molecule has 15 nitrogen and oxygen atoms in total. The van der Waals surface area contributed by atoms with Crippen LogP contribution in [0.2, 0.25) is 0 Å². The minimum absolute atomic E-state index is 0.0870. The number of hydrogen-bond donors (Lipinski definition) is 2. The third kappa shape index (κ3) is 12.1. The summed E-state index contributed by atoms with van der Waals surface area (Å²) in [6.45, 7) is 24.8. The second kappa shape index (κ2) is 21.2. The van der Waals surface area contributed by atoms with E-state index in [-0.39, 0.29) is 68.5 Å². The average Bonchev–Trinajstić information content (AvgIpc) is 3.62. The number of allylic oxidation sites excluding steroid dienone is 1. The van der Waals surface area contributed by atoms with Crippen molar-refractivity contribution in [3.63, 3.8) is 0 Å². The van der Waals surface area contributed by atoms with Crippen molar-refractivity contribution in [3.05, 3.63) is 104 Å². The topological polar surface area (TPSA) is 156 Å². The summed E-state index contributed by atoms with van der Waals surface area (Å²) < 4.78 is 36.0. The number of carbonyl (C=O) groups is 1. The molecule has 3 aromatic rings. The molecule has 1 unspecified atom stereocenters. The molecule has 1 fully saturated rings. The number of H-pyrrole nitrogens is 1. The van der Waals surface area contributed by atoms with Crippen LogP contribution in [0.15, 0.2) is 74.6 Å². The van der Waals surface area contributed by atoms with E-state index in [2.05, 4.69) is 61.8 Å². The van der Waals surface area contributed by atoms with Crippen molar-refractivity contribution < 1.29 is 24.7 Å². The van der Waals surface area contributed by atoms with Crippen LogP contribution in [0.5, 0.6) is 5.75 Å². The second-order valence-corrected chi connectivity index (χ2v) is 17.7. The molecule has 4 atom stereocenters. The molecule has 0 spiro atoms. The Morgan fingerprint density at radius 2 is 1.92 bits per heavy atom. The zero-order valence-electron chi connectivity index (χ0n) is 37.8. The first-order chi connectivity index (χ1) is 29.6. The summed E-state index contributed by atoms with van der Waals surface area (Å²) in [7, 11) is 0.0224. The van der Waals surface area contributed by atoms with Gasteiger partial charge in [-0.3, -0.25) is 19.1 Å². The predicted molar refractivity (Wildman–Crippen MR) is 242 cm³/mol. The van der Waals surface area contributed by atoms with Crippen molar-refractivity contribution in [2.75, 3.05) is 38.3 Å². The molecule has 61 heavy (non-hydrogen) atoms. The predicted octanol–water partition coefficient (Wildman–Crippen LogP) is 8.85. The summed E-state index contributed by atoms with van der Waals surface area (Å²) in [6, 6.07) is 12.0. The van der Waals surface area contributed by atoms with Gasteiger partial charge in [-0.1, -0.05) is 35.9 Å².